The van der Waals surface area contributed by atoms with Gasteiger partial charge >= 0.3 is 12.1 Å². The molecule has 2 nitrogen and oxygen atoms in total. The van der Waals surface area contributed by atoms with Gasteiger partial charge in [-0.1, -0.05) is 11.6 Å². The summed E-state index contributed by atoms with van der Waals surface area (Å²) in [7, 11) is 1.08. The minimum Gasteiger partial charge on any atom is -0.469 e. The molecule has 0 aliphatic carbocycles. The van der Waals surface area contributed by atoms with E-state index >= 15 is 0 Å². The lowest BCUT2D eigenvalue weighted by Crippen LogP contribution is -2.10. The van der Waals surface area contributed by atoms with Crippen molar-refractivity contribution in [1.29, 1.82) is 0 Å². The van der Waals surface area contributed by atoms with Gasteiger partial charge in [-0.3, -0.25) is 4.79 Å². The molecule has 7 heteroatoms. The number of halogens is 5. The molecule has 1 rings (SSSR count). The zero-order valence-electron chi connectivity index (χ0n) is 8.57. The maximum absolute atomic E-state index is 13.3. The first-order valence-electron chi connectivity index (χ1n) is 4.37. The summed E-state index contributed by atoms with van der Waals surface area (Å²) in [6.07, 6.45) is -5.20. The Morgan fingerprint density at radius 1 is 1.41 bits per heavy atom. The van der Waals surface area contributed by atoms with Gasteiger partial charge in [-0.25, -0.2) is 4.39 Å². The number of ether oxygens (including phenoxy) is 1. The summed E-state index contributed by atoms with van der Waals surface area (Å²) in [5, 5.41) is -0.456. The molecule has 0 saturated carbocycles. The molecule has 0 aliphatic rings. The number of carbonyl (C=O) groups is 1. The standard InChI is InChI=1S/C10H7ClF4O2/c1-17-9(16)4-6-7(11)2-5(3-8(6)12)10(13,14)15/h2-3H,4H2,1H3. The van der Waals surface area contributed by atoms with Crippen LogP contribution in [0.15, 0.2) is 12.1 Å². The molecule has 0 amide bonds. The third-order valence-electron chi connectivity index (χ3n) is 2.02. The molecule has 0 N–H and O–H groups in total. The Labute approximate surface area is 99.1 Å². The van der Waals surface area contributed by atoms with Gasteiger partial charge in [0.25, 0.3) is 0 Å². The SMILES string of the molecule is COC(=O)Cc1c(F)cc(C(F)(F)F)cc1Cl. The fourth-order valence-corrected chi connectivity index (χ4v) is 1.43. The van der Waals surface area contributed by atoms with Crippen molar-refractivity contribution in [2.45, 2.75) is 12.6 Å². The van der Waals surface area contributed by atoms with E-state index in [9.17, 15) is 22.4 Å². The summed E-state index contributed by atoms with van der Waals surface area (Å²) in [5.74, 6) is -1.97. The summed E-state index contributed by atoms with van der Waals surface area (Å²) in [6, 6.07) is 0.868. The molecule has 0 radical (unpaired) electrons. The van der Waals surface area contributed by atoms with Gasteiger partial charge in [0.15, 0.2) is 0 Å². The van der Waals surface area contributed by atoms with Crippen LogP contribution in [0, 0.1) is 5.82 Å². The van der Waals surface area contributed by atoms with Crippen molar-refractivity contribution < 1.29 is 27.1 Å². The molecule has 0 unspecified atom stereocenters. The Kier molecular flexibility index (Phi) is 3.98. The van der Waals surface area contributed by atoms with Crippen LogP contribution in [0.4, 0.5) is 17.6 Å². The van der Waals surface area contributed by atoms with Crippen LogP contribution >= 0.6 is 11.6 Å². The Balaban J connectivity index is 3.15. The van der Waals surface area contributed by atoms with E-state index in [1.165, 1.54) is 0 Å². The maximum Gasteiger partial charge on any atom is 0.416 e. The Morgan fingerprint density at radius 3 is 2.41 bits per heavy atom. The van der Waals surface area contributed by atoms with Crippen LogP contribution in [0.1, 0.15) is 11.1 Å². The molecule has 0 spiro atoms. The number of hydrogen-bond donors (Lipinski definition) is 0. The number of rotatable bonds is 2. The minimum absolute atomic E-state index is 0.296. The van der Waals surface area contributed by atoms with Crippen molar-refractivity contribution in [2.75, 3.05) is 7.11 Å². The van der Waals surface area contributed by atoms with Gasteiger partial charge in [0.2, 0.25) is 0 Å². The van der Waals surface area contributed by atoms with Gasteiger partial charge in [-0.05, 0) is 12.1 Å². The van der Waals surface area contributed by atoms with Crippen LogP contribution in [-0.4, -0.2) is 13.1 Å². The number of carbonyl (C=O) groups excluding carboxylic acids is 1. The molecular formula is C10H7ClF4O2. The molecule has 0 aliphatic heterocycles. The van der Waals surface area contributed by atoms with E-state index < -0.39 is 35.0 Å². The van der Waals surface area contributed by atoms with Crippen LogP contribution in [-0.2, 0) is 22.1 Å². The second-order valence-corrected chi connectivity index (χ2v) is 3.58. The van der Waals surface area contributed by atoms with Crippen LogP contribution in [0.2, 0.25) is 5.02 Å². The highest BCUT2D eigenvalue weighted by molar-refractivity contribution is 6.31. The second kappa shape index (κ2) is 4.91. The van der Waals surface area contributed by atoms with Crippen molar-refractivity contribution in [3.63, 3.8) is 0 Å². The van der Waals surface area contributed by atoms with Gasteiger partial charge in [-0.15, -0.1) is 0 Å². The first kappa shape index (κ1) is 13.8. The predicted octanol–water partition coefficient (Wildman–Crippen LogP) is 3.21. The molecule has 0 fully saturated rings. The average Bonchev–Trinajstić information content (AvgIpc) is 2.21. The highest BCUT2D eigenvalue weighted by Gasteiger charge is 2.32. The predicted molar refractivity (Wildman–Crippen MR) is 52.1 cm³/mol. The second-order valence-electron chi connectivity index (χ2n) is 3.17. The first-order valence-corrected chi connectivity index (χ1v) is 4.75. The fourth-order valence-electron chi connectivity index (χ4n) is 1.15. The molecule has 0 aromatic heterocycles. The lowest BCUT2D eigenvalue weighted by Gasteiger charge is -2.10. The van der Waals surface area contributed by atoms with Gasteiger partial charge in [0.05, 0.1) is 19.1 Å². The number of benzene rings is 1. The highest BCUT2D eigenvalue weighted by atomic mass is 35.5. The summed E-state index contributed by atoms with van der Waals surface area (Å²) in [5.41, 5.74) is -1.51. The van der Waals surface area contributed by atoms with Gasteiger partial charge in [-0.2, -0.15) is 13.2 Å². The van der Waals surface area contributed by atoms with Gasteiger partial charge in [0.1, 0.15) is 5.82 Å². The number of methoxy groups -OCH3 is 1. The van der Waals surface area contributed by atoms with E-state index in [4.69, 9.17) is 11.6 Å². The summed E-state index contributed by atoms with van der Waals surface area (Å²) in [6.45, 7) is 0. The van der Waals surface area contributed by atoms with E-state index in [0.717, 1.165) is 7.11 Å². The highest BCUT2D eigenvalue weighted by Crippen LogP contribution is 2.33. The summed E-state index contributed by atoms with van der Waals surface area (Å²) >= 11 is 5.49. The van der Waals surface area contributed by atoms with Crippen molar-refractivity contribution in [1.82, 2.24) is 0 Å². The third kappa shape index (κ3) is 3.33. The number of esters is 1. The largest absolute Gasteiger partial charge is 0.469 e. The topological polar surface area (TPSA) is 26.3 Å². The molecular weight excluding hydrogens is 264 g/mol. The number of hydrogen-bond acceptors (Lipinski definition) is 2. The molecule has 0 bridgehead atoms. The molecule has 0 heterocycles. The van der Waals surface area contributed by atoms with E-state index in [-0.39, 0.29) is 5.56 Å². The summed E-state index contributed by atoms with van der Waals surface area (Å²) in [4.78, 5) is 10.9. The van der Waals surface area contributed by atoms with E-state index in [1.807, 2.05) is 0 Å². The molecule has 17 heavy (non-hydrogen) atoms. The Morgan fingerprint density at radius 2 is 2.00 bits per heavy atom. The van der Waals surface area contributed by atoms with E-state index in [0.29, 0.717) is 12.1 Å². The van der Waals surface area contributed by atoms with E-state index in [2.05, 4.69) is 4.74 Å². The Hall–Kier alpha value is -1.30. The first-order chi connectivity index (χ1) is 7.75. The minimum atomic E-state index is -4.69. The third-order valence-corrected chi connectivity index (χ3v) is 2.35. The lowest BCUT2D eigenvalue weighted by atomic mass is 10.1. The zero-order valence-corrected chi connectivity index (χ0v) is 9.32. The van der Waals surface area contributed by atoms with Crippen molar-refractivity contribution in [2.24, 2.45) is 0 Å². The van der Waals surface area contributed by atoms with Crippen molar-refractivity contribution >= 4 is 17.6 Å². The normalized spacial score (nSPS) is 11.4. The molecule has 0 saturated heterocycles. The van der Waals surface area contributed by atoms with E-state index in [1.54, 1.807) is 0 Å². The molecule has 94 valence electrons. The zero-order chi connectivity index (χ0) is 13.2. The van der Waals surface area contributed by atoms with Crippen LogP contribution < -0.4 is 0 Å². The van der Waals surface area contributed by atoms with Gasteiger partial charge in [0, 0.05) is 10.6 Å². The van der Waals surface area contributed by atoms with Crippen LogP contribution in [0.5, 0.6) is 0 Å². The quantitative estimate of drug-likeness (QED) is 0.609. The number of alkyl halides is 3. The summed E-state index contributed by atoms with van der Waals surface area (Å²) < 4.78 is 54.5. The Bertz CT molecular complexity index is 419. The van der Waals surface area contributed by atoms with Crippen LogP contribution in [0.25, 0.3) is 0 Å². The van der Waals surface area contributed by atoms with Crippen LogP contribution in [0.3, 0.4) is 0 Å². The smallest absolute Gasteiger partial charge is 0.416 e. The van der Waals surface area contributed by atoms with Gasteiger partial charge < -0.3 is 4.74 Å². The molecule has 1 aromatic rings. The monoisotopic (exact) mass is 270 g/mol. The lowest BCUT2D eigenvalue weighted by molar-refractivity contribution is -0.139. The maximum atomic E-state index is 13.3. The van der Waals surface area contributed by atoms with Crippen molar-refractivity contribution in [3.8, 4) is 0 Å². The fraction of sp³-hybridized carbons (Fsp3) is 0.300. The molecule has 0 atom stereocenters. The van der Waals surface area contributed by atoms with Crippen molar-refractivity contribution in [3.05, 3.63) is 34.1 Å². The average molecular weight is 271 g/mol. The molecule has 1 aromatic carbocycles.